The van der Waals surface area contributed by atoms with Crippen LogP contribution in [0.5, 0.6) is 0 Å². The molecular formula is C18H23N3O. The molecule has 0 aliphatic rings. The Kier molecular flexibility index (Phi) is 5.53. The normalized spacial score (nSPS) is 12.7. The van der Waals surface area contributed by atoms with Crippen molar-refractivity contribution in [1.82, 2.24) is 15.1 Å². The molecule has 1 heterocycles. The number of aromatic nitrogens is 2. The van der Waals surface area contributed by atoms with Crippen LogP contribution < -0.4 is 5.32 Å². The van der Waals surface area contributed by atoms with Crippen LogP contribution in [0.25, 0.3) is 6.08 Å². The van der Waals surface area contributed by atoms with E-state index in [1.54, 1.807) is 23.0 Å². The Morgan fingerprint density at radius 1 is 1.32 bits per heavy atom. The molecule has 1 aromatic heterocycles. The van der Waals surface area contributed by atoms with Gasteiger partial charge in [0.05, 0.1) is 6.20 Å². The Balaban J connectivity index is 1.92. The summed E-state index contributed by atoms with van der Waals surface area (Å²) in [5.74, 6) is 0.701. The average molecular weight is 297 g/mol. The molecular weight excluding hydrogens is 274 g/mol. The largest absolute Gasteiger partial charge is 0.352 e. The summed E-state index contributed by atoms with van der Waals surface area (Å²) in [4.78, 5) is 12.0. The summed E-state index contributed by atoms with van der Waals surface area (Å²) < 4.78 is 1.71. The van der Waals surface area contributed by atoms with Crippen LogP contribution in [0.3, 0.4) is 0 Å². The lowest BCUT2D eigenvalue weighted by Crippen LogP contribution is -2.29. The second kappa shape index (κ2) is 7.59. The summed E-state index contributed by atoms with van der Waals surface area (Å²) in [5, 5.41) is 7.05. The van der Waals surface area contributed by atoms with Crippen LogP contribution in [0, 0.1) is 5.92 Å². The van der Waals surface area contributed by atoms with Crippen molar-refractivity contribution in [3.63, 3.8) is 0 Å². The summed E-state index contributed by atoms with van der Waals surface area (Å²) >= 11 is 0. The molecule has 4 nitrogen and oxygen atoms in total. The fourth-order valence-electron chi connectivity index (χ4n) is 2.41. The van der Waals surface area contributed by atoms with Crippen molar-refractivity contribution in [3.05, 3.63) is 59.9 Å². The molecule has 1 N–H and O–H groups in total. The minimum absolute atomic E-state index is 0.0783. The van der Waals surface area contributed by atoms with Crippen molar-refractivity contribution in [2.75, 3.05) is 6.54 Å². The first-order valence-corrected chi connectivity index (χ1v) is 7.55. The molecule has 0 unspecified atom stereocenters. The first kappa shape index (κ1) is 16.0. The number of rotatable bonds is 6. The number of hydrogen-bond acceptors (Lipinski definition) is 2. The minimum atomic E-state index is -0.0783. The van der Waals surface area contributed by atoms with E-state index in [1.165, 1.54) is 5.56 Å². The van der Waals surface area contributed by atoms with E-state index in [-0.39, 0.29) is 5.91 Å². The van der Waals surface area contributed by atoms with Crippen LogP contribution in [0.15, 0.2) is 48.8 Å². The summed E-state index contributed by atoms with van der Waals surface area (Å²) in [5.41, 5.74) is 2.18. The Labute approximate surface area is 131 Å². The van der Waals surface area contributed by atoms with E-state index >= 15 is 0 Å². The lowest BCUT2D eigenvalue weighted by atomic mass is 9.88. The highest BCUT2D eigenvalue weighted by atomic mass is 16.1. The number of carbonyl (C=O) groups is 1. The molecule has 0 aliphatic heterocycles. The molecule has 1 aromatic carbocycles. The van der Waals surface area contributed by atoms with Crippen molar-refractivity contribution in [1.29, 1.82) is 0 Å². The third kappa shape index (κ3) is 4.58. The van der Waals surface area contributed by atoms with E-state index in [1.807, 2.05) is 31.4 Å². The number of hydrogen-bond donors (Lipinski definition) is 1. The van der Waals surface area contributed by atoms with Gasteiger partial charge < -0.3 is 5.32 Å². The van der Waals surface area contributed by atoms with Crippen molar-refractivity contribution in [2.24, 2.45) is 13.0 Å². The molecule has 22 heavy (non-hydrogen) atoms. The molecule has 0 bridgehead atoms. The predicted molar refractivity (Wildman–Crippen MR) is 89.3 cm³/mol. The Hall–Kier alpha value is -2.36. The maximum absolute atomic E-state index is 12.0. The zero-order valence-corrected chi connectivity index (χ0v) is 13.4. The molecule has 0 fully saturated rings. The topological polar surface area (TPSA) is 46.9 Å². The predicted octanol–water partition coefficient (Wildman–Crippen LogP) is 2.99. The molecule has 4 heteroatoms. The zero-order chi connectivity index (χ0) is 15.9. The van der Waals surface area contributed by atoms with Crippen LogP contribution in [0.1, 0.15) is 30.9 Å². The van der Waals surface area contributed by atoms with E-state index in [0.717, 1.165) is 5.56 Å². The molecule has 1 amide bonds. The lowest BCUT2D eigenvalue weighted by Gasteiger charge is -2.21. The van der Waals surface area contributed by atoms with Gasteiger partial charge in [-0.05, 0) is 17.6 Å². The number of nitrogens with zero attached hydrogens (tertiary/aromatic N) is 2. The van der Waals surface area contributed by atoms with Crippen molar-refractivity contribution in [2.45, 2.75) is 19.8 Å². The second-order valence-corrected chi connectivity index (χ2v) is 5.79. The molecule has 0 saturated heterocycles. The number of amides is 1. The van der Waals surface area contributed by atoms with Crippen LogP contribution >= 0.6 is 0 Å². The van der Waals surface area contributed by atoms with Crippen LogP contribution in [0.2, 0.25) is 0 Å². The molecule has 0 saturated carbocycles. The third-order valence-corrected chi connectivity index (χ3v) is 3.68. The smallest absolute Gasteiger partial charge is 0.244 e. The second-order valence-electron chi connectivity index (χ2n) is 5.79. The average Bonchev–Trinajstić information content (AvgIpc) is 2.92. The quantitative estimate of drug-likeness (QED) is 0.833. The summed E-state index contributed by atoms with van der Waals surface area (Å²) in [6.45, 7) is 4.99. The van der Waals surface area contributed by atoms with Crippen LogP contribution in [-0.4, -0.2) is 22.2 Å². The monoisotopic (exact) mass is 297 g/mol. The first-order valence-electron chi connectivity index (χ1n) is 7.55. The van der Waals surface area contributed by atoms with Gasteiger partial charge in [-0.2, -0.15) is 5.10 Å². The molecule has 0 spiro atoms. The minimum Gasteiger partial charge on any atom is -0.352 e. The van der Waals surface area contributed by atoms with Gasteiger partial charge in [0.15, 0.2) is 0 Å². The van der Waals surface area contributed by atoms with Gasteiger partial charge in [-0.25, -0.2) is 0 Å². The fourth-order valence-corrected chi connectivity index (χ4v) is 2.41. The van der Waals surface area contributed by atoms with Gasteiger partial charge in [-0.15, -0.1) is 0 Å². The molecule has 0 radical (unpaired) electrons. The van der Waals surface area contributed by atoms with E-state index < -0.39 is 0 Å². The van der Waals surface area contributed by atoms with Gasteiger partial charge >= 0.3 is 0 Å². The number of nitrogens with one attached hydrogen (secondary N) is 1. The van der Waals surface area contributed by atoms with Gasteiger partial charge in [0.1, 0.15) is 0 Å². The van der Waals surface area contributed by atoms with Crippen molar-refractivity contribution in [3.8, 4) is 0 Å². The van der Waals surface area contributed by atoms with Gasteiger partial charge in [-0.1, -0.05) is 44.2 Å². The van der Waals surface area contributed by atoms with Gasteiger partial charge in [-0.3, -0.25) is 9.48 Å². The van der Waals surface area contributed by atoms with E-state index in [2.05, 4.69) is 36.4 Å². The molecule has 2 aromatic rings. The highest BCUT2D eigenvalue weighted by molar-refractivity contribution is 5.91. The van der Waals surface area contributed by atoms with Gasteiger partial charge in [0.25, 0.3) is 0 Å². The summed E-state index contributed by atoms with van der Waals surface area (Å²) in [6.07, 6.45) is 6.92. The fraction of sp³-hybridized carbons (Fsp3) is 0.333. The third-order valence-electron chi connectivity index (χ3n) is 3.68. The Morgan fingerprint density at radius 3 is 2.64 bits per heavy atom. The lowest BCUT2D eigenvalue weighted by molar-refractivity contribution is -0.116. The van der Waals surface area contributed by atoms with Crippen LogP contribution in [0.4, 0.5) is 0 Å². The van der Waals surface area contributed by atoms with Gasteiger partial charge in [0, 0.05) is 37.3 Å². The number of aryl methyl sites for hydroxylation is 1. The molecule has 2 rings (SSSR count). The maximum atomic E-state index is 12.0. The highest BCUT2D eigenvalue weighted by Gasteiger charge is 2.15. The van der Waals surface area contributed by atoms with E-state index in [9.17, 15) is 4.79 Å². The number of carbonyl (C=O) groups excluding carboxylic acids is 1. The van der Waals surface area contributed by atoms with E-state index in [4.69, 9.17) is 0 Å². The Morgan fingerprint density at radius 2 is 2.05 bits per heavy atom. The van der Waals surface area contributed by atoms with Crippen molar-refractivity contribution >= 4 is 12.0 Å². The number of benzene rings is 1. The molecule has 0 aliphatic carbocycles. The summed E-state index contributed by atoms with van der Waals surface area (Å²) in [6, 6.07) is 10.3. The van der Waals surface area contributed by atoms with Crippen molar-refractivity contribution < 1.29 is 4.79 Å². The summed E-state index contributed by atoms with van der Waals surface area (Å²) in [7, 11) is 1.85. The van der Waals surface area contributed by atoms with Gasteiger partial charge in [0.2, 0.25) is 5.91 Å². The zero-order valence-electron chi connectivity index (χ0n) is 13.4. The highest BCUT2D eigenvalue weighted by Crippen LogP contribution is 2.23. The van der Waals surface area contributed by atoms with Crippen LogP contribution in [-0.2, 0) is 11.8 Å². The molecule has 116 valence electrons. The SMILES string of the molecule is CC(C)[C@@H](CNC(=O)/C=C/c1cnn(C)c1)c1ccccc1. The maximum Gasteiger partial charge on any atom is 0.244 e. The Bertz CT molecular complexity index is 629. The van der Waals surface area contributed by atoms with E-state index in [0.29, 0.717) is 18.4 Å². The molecule has 1 atom stereocenters. The first-order chi connectivity index (χ1) is 10.6. The standard InChI is InChI=1S/C18H23N3O/c1-14(2)17(16-7-5-4-6-8-16)12-19-18(22)10-9-15-11-20-21(3)13-15/h4-11,13-14,17H,12H2,1-3H3,(H,19,22)/b10-9+/t17-/m1/s1.